The molecule has 0 amide bonds. The fourth-order valence-corrected chi connectivity index (χ4v) is 2.30. The first-order valence-corrected chi connectivity index (χ1v) is 6.82. The Kier molecular flexibility index (Phi) is 4.32. The van der Waals surface area contributed by atoms with Gasteiger partial charge in [-0.3, -0.25) is 0 Å². The topological polar surface area (TPSA) is 56.7 Å². The van der Waals surface area contributed by atoms with E-state index >= 15 is 0 Å². The minimum atomic E-state index is 0.444. The molecule has 4 heteroatoms. The van der Waals surface area contributed by atoms with Crippen LogP contribution in [0.15, 0.2) is 18.2 Å². The number of hydrogen-bond donors (Lipinski definition) is 1. The highest BCUT2D eigenvalue weighted by Gasteiger charge is 2.11. The second kappa shape index (κ2) is 5.97. The van der Waals surface area contributed by atoms with Crippen molar-refractivity contribution in [2.45, 2.75) is 46.7 Å². The summed E-state index contributed by atoms with van der Waals surface area (Å²) in [5.41, 5.74) is 9.61. The van der Waals surface area contributed by atoms with Gasteiger partial charge in [0.15, 0.2) is 0 Å². The van der Waals surface area contributed by atoms with Crippen LogP contribution < -0.4 is 5.73 Å². The first kappa shape index (κ1) is 13.7. The molecule has 2 rings (SSSR count). The van der Waals surface area contributed by atoms with E-state index in [4.69, 9.17) is 5.73 Å². The summed E-state index contributed by atoms with van der Waals surface area (Å²) in [6.07, 6.45) is 1.88. The Morgan fingerprint density at radius 2 is 1.89 bits per heavy atom. The molecule has 0 radical (unpaired) electrons. The molecule has 102 valence electrons. The summed E-state index contributed by atoms with van der Waals surface area (Å²) < 4.78 is 2.15. The van der Waals surface area contributed by atoms with Crippen LogP contribution in [-0.4, -0.2) is 14.8 Å². The molecule has 0 spiro atoms. The summed E-state index contributed by atoms with van der Waals surface area (Å²) in [5.74, 6) is 1.89. The van der Waals surface area contributed by atoms with Gasteiger partial charge in [0.2, 0.25) is 0 Å². The minimum Gasteiger partial charge on any atom is -0.324 e. The lowest BCUT2D eigenvalue weighted by Gasteiger charge is -2.10. The summed E-state index contributed by atoms with van der Waals surface area (Å²) in [6.45, 7) is 7.78. The Hall–Kier alpha value is -1.68. The van der Waals surface area contributed by atoms with E-state index in [2.05, 4.69) is 53.7 Å². The molecule has 1 heterocycles. The van der Waals surface area contributed by atoms with Gasteiger partial charge in [-0.15, -0.1) is 10.2 Å². The van der Waals surface area contributed by atoms with Crippen LogP contribution in [0.25, 0.3) is 0 Å². The van der Waals surface area contributed by atoms with Gasteiger partial charge >= 0.3 is 0 Å². The quantitative estimate of drug-likeness (QED) is 0.895. The van der Waals surface area contributed by atoms with Crippen molar-refractivity contribution in [3.63, 3.8) is 0 Å². The molecule has 1 aromatic heterocycles. The molecule has 0 fully saturated rings. The van der Waals surface area contributed by atoms with Gasteiger partial charge in [-0.1, -0.05) is 30.7 Å². The second-order valence-corrected chi connectivity index (χ2v) is 4.99. The van der Waals surface area contributed by atoms with E-state index in [-0.39, 0.29) is 0 Å². The summed E-state index contributed by atoms with van der Waals surface area (Å²) >= 11 is 0. The molecule has 2 aromatic rings. The molecule has 0 unspecified atom stereocenters. The molecule has 1 aromatic carbocycles. The van der Waals surface area contributed by atoms with Crippen LogP contribution in [0.2, 0.25) is 0 Å². The molecular weight excluding hydrogens is 236 g/mol. The van der Waals surface area contributed by atoms with Crippen molar-refractivity contribution in [3.05, 3.63) is 46.5 Å². The largest absolute Gasteiger partial charge is 0.324 e. The van der Waals surface area contributed by atoms with E-state index in [1.165, 1.54) is 16.7 Å². The number of nitrogens with two attached hydrogens (primary N) is 1. The van der Waals surface area contributed by atoms with Crippen molar-refractivity contribution in [3.8, 4) is 0 Å². The predicted molar refractivity (Wildman–Crippen MR) is 76.9 cm³/mol. The van der Waals surface area contributed by atoms with Crippen LogP contribution in [0, 0.1) is 13.8 Å². The molecule has 0 bridgehead atoms. The molecule has 2 N–H and O–H groups in total. The Morgan fingerprint density at radius 3 is 2.58 bits per heavy atom. The number of aromatic nitrogens is 3. The average molecular weight is 258 g/mol. The van der Waals surface area contributed by atoms with Crippen LogP contribution in [-0.2, 0) is 19.5 Å². The predicted octanol–water partition coefficient (Wildman–Crippen LogP) is 2.35. The standard InChI is InChI=1S/C15H22N4/c1-4-7-19-14(17-18-15(19)10-16)9-13-8-11(2)5-6-12(13)3/h5-6,8H,4,7,9-10,16H2,1-3H3. The fourth-order valence-electron chi connectivity index (χ4n) is 2.30. The summed E-state index contributed by atoms with van der Waals surface area (Å²) in [5, 5.41) is 8.49. The first-order valence-electron chi connectivity index (χ1n) is 6.82. The van der Waals surface area contributed by atoms with E-state index in [0.29, 0.717) is 6.54 Å². The van der Waals surface area contributed by atoms with Gasteiger partial charge in [0, 0.05) is 13.0 Å². The highest BCUT2D eigenvalue weighted by molar-refractivity contribution is 5.32. The Morgan fingerprint density at radius 1 is 1.16 bits per heavy atom. The van der Waals surface area contributed by atoms with Crippen LogP contribution >= 0.6 is 0 Å². The van der Waals surface area contributed by atoms with Crippen LogP contribution in [0.4, 0.5) is 0 Å². The van der Waals surface area contributed by atoms with Gasteiger partial charge < -0.3 is 10.3 Å². The van der Waals surface area contributed by atoms with Crippen molar-refractivity contribution in [1.82, 2.24) is 14.8 Å². The van der Waals surface area contributed by atoms with Crippen molar-refractivity contribution in [2.75, 3.05) is 0 Å². The van der Waals surface area contributed by atoms with Gasteiger partial charge in [-0.2, -0.15) is 0 Å². The molecule has 0 saturated carbocycles. The highest BCUT2D eigenvalue weighted by atomic mass is 15.3. The normalized spacial score (nSPS) is 10.9. The molecule has 0 atom stereocenters. The summed E-state index contributed by atoms with van der Waals surface area (Å²) in [7, 11) is 0. The van der Waals surface area contributed by atoms with Crippen molar-refractivity contribution >= 4 is 0 Å². The molecule has 0 aliphatic carbocycles. The number of hydrogen-bond acceptors (Lipinski definition) is 3. The van der Waals surface area contributed by atoms with Crippen molar-refractivity contribution < 1.29 is 0 Å². The monoisotopic (exact) mass is 258 g/mol. The number of nitrogens with zero attached hydrogens (tertiary/aromatic N) is 3. The molecular formula is C15H22N4. The van der Waals surface area contributed by atoms with E-state index in [1.54, 1.807) is 0 Å². The Balaban J connectivity index is 2.32. The number of rotatable bonds is 5. The third-order valence-corrected chi connectivity index (χ3v) is 3.39. The average Bonchev–Trinajstić information content (AvgIpc) is 2.77. The molecule has 0 aliphatic rings. The van der Waals surface area contributed by atoms with E-state index in [1.807, 2.05) is 0 Å². The van der Waals surface area contributed by atoms with Gasteiger partial charge in [0.25, 0.3) is 0 Å². The molecule has 0 aliphatic heterocycles. The maximum absolute atomic E-state index is 5.72. The van der Waals surface area contributed by atoms with Gasteiger partial charge in [-0.05, 0) is 31.4 Å². The second-order valence-electron chi connectivity index (χ2n) is 4.99. The van der Waals surface area contributed by atoms with Gasteiger partial charge in [-0.25, -0.2) is 0 Å². The lowest BCUT2D eigenvalue weighted by atomic mass is 10.0. The highest BCUT2D eigenvalue weighted by Crippen LogP contribution is 2.15. The Labute approximate surface area is 114 Å². The molecule has 4 nitrogen and oxygen atoms in total. The zero-order chi connectivity index (χ0) is 13.8. The van der Waals surface area contributed by atoms with E-state index in [0.717, 1.165) is 31.0 Å². The van der Waals surface area contributed by atoms with Crippen LogP contribution in [0.1, 0.15) is 41.7 Å². The van der Waals surface area contributed by atoms with Crippen molar-refractivity contribution in [2.24, 2.45) is 5.73 Å². The van der Waals surface area contributed by atoms with Gasteiger partial charge in [0.05, 0.1) is 6.54 Å². The number of benzene rings is 1. The van der Waals surface area contributed by atoms with Gasteiger partial charge in [0.1, 0.15) is 11.6 Å². The number of aryl methyl sites for hydroxylation is 2. The molecule has 0 saturated heterocycles. The summed E-state index contributed by atoms with van der Waals surface area (Å²) in [6, 6.07) is 6.53. The van der Waals surface area contributed by atoms with E-state index in [9.17, 15) is 0 Å². The third-order valence-electron chi connectivity index (χ3n) is 3.39. The summed E-state index contributed by atoms with van der Waals surface area (Å²) in [4.78, 5) is 0. The molecule has 19 heavy (non-hydrogen) atoms. The Bertz CT molecular complexity index is 557. The van der Waals surface area contributed by atoms with Crippen LogP contribution in [0.3, 0.4) is 0 Å². The van der Waals surface area contributed by atoms with E-state index < -0.39 is 0 Å². The maximum atomic E-state index is 5.72. The smallest absolute Gasteiger partial charge is 0.146 e. The fraction of sp³-hybridized carbons (Fsp3) is 0.467. The first-order chi connectivity index (χ1) is 9.15. The zero-order valence-corrected chi connectivity index (χ0v) is 12.0. The zero-order valence-electron chi connectivity index (χ0n) is 12.0. The minimum absolute atomic E-state index is 0.444. The van der Waals surface area contributed by atoms with Crippen LogP contribution in [0.5, 0.6) is 0 Å². The SMILES string of the molecule is CCCn1c(CN)nnc1Cc1cc(C)ccc1C. The maximum Gasteiger partial charge on any atom is 0.146 e. The lowest BCUT2D eigenvalue weighted by Crippen LogP contribution is -2.11. The third kappa shape index (κ3) is 3.01. The lowest BCUT2D eigenvalue weighted by molar-refractivity contribution is 0.614. The van der Waals surface area contributed by atoms with Crippen molar-refractivity contribution in [1.29, 1.82) is 0 Å².